The minimum atomic E-state index is -4.51. The number of aryl methyl sites for hydroxylation is 2. The molecule has 6 nitrogen and oxygen atoms in total. The van der Waals surface area contributed by atoms with Crippen LogP contribution in [0.4, 0.5) is 26.3 Å². The summed E-state index contributed by atoms with van der Waals surface area (Å²) in [4.78, 5) is 36.5. The first-order valence-corrected chi connectivity index (χ1v) is 15.6. The zero-order valence-electron chi connectivity index (χ0n) is 27.8. The molecule has 0 fully saturated rings. The largest absolute Gasteiger partial charge is 0.416 e. The zero-order valence-corrected chi connectivity index (χ0v) is 27.8. The molecule has 0 aliphatic carbocycles. The summed E-state index contributed by atoms with van der Waals surface area (Å²) in [6.07, 6.45) is -10.1. The molecule has 50 heavy (non-hydrogen) atoms. The molecule has 0 aliphatic rings. The van der Waals surface area contributed by atoms with Crippen molar-refractivity contribution in [1.29, 1.82) is 0 Å². The molecule has 4 rings (SSSR count). The van der Waals surface area contributed by atoms with Crippen LogP contribution < -0.4 is 10.6 Å². The fraction of sp³-hybridized carbons (Fsp3) is 0.289. The van der Waals surface area contributed by atoms with Crippen LogP contribution in [0.15, 0.2) is 97.1 Å². The monoisotopic (exact) mass is 700 g/mol. The molecule has 0 bridgehead atoms. The average molecular weight is 701 g/mol. The smallest absolute Gasteiger partial charge is 0.387 e. The van der Waals surface area contributed by atoms with Crippen molar-refractivity contribution >= 4 is 17.3 Å². The van der Waals surface area contributed by atoms with Crippen molar-refractivity contribution in [2.45, 2.75) is 58.2 Å². The van der Waals surface area contributed by atoms with Crippen LogP contribution in [0.5, 0.6) is 0 Å². The zero-order chi connectivity index (χ0) is 37.2. The number of halogens is 6. The van der Waals surface area contributed by atoms with Crippen molar-refractivity contribution in [3.63, 3.8) is 0 Å². The molecule has 4 aromatic carbocycles. The van der Waals surface area contributed by atoms with E-state index in [9.17, 15) is 45.8 Å². The Kier molecular flexibility index (Phi) is 13.8. The molecule has 0 spiro atoms. The van der Waals surface area contributed by atoms with Gasteiger partial charge in [-0.05, 0) is 69.2 Å². The fourth-order valence-electron chi connectivity index (χ4n) is 4.93. The first-order valence-electron chi connectivity index (χ1n) is 15.6. The SMILES string of the molecule is Cc1cc(C(=O)[C@H](C)NCC(=O)c2ccccc2)cc(C(F)(F)F)c1.Cc1cc([C@@H](O)[C@H](C)NCC(=O)c2ccccc2)cc(C(F)(F)F)c1. The van der Waals surface area contributed by atoms with E-state index in [2.05, 4.69) is 10.6 Å². The Morgan fingerprint density at radius 1 is 0.620 bits per heavy atom. The summed E-state index contributed by atoms with van der Waals surface area (Å²) < 4.78 is 77.4. The number of carbonyl (C=O) groups excluding carboxylic acids is 3. The van der Waals surface area contributed by atoms with E-state index >= 15 is 0 Å². The van der Waals surface area contributed by atoms with Gasteiger partial charge in [0.25, 0.3) is 0 Å². The molecule has 4 aromatic rings. The predicted molar refractivity (Wildman–Crippen MR) is 178 cm³/mol. The molecule has 12 heteroatoms. The third kappa shape index (κ3) is 11.7. The van der Waals surface area contributed by atoms with Crippen molar-refractivity contribution in [3.8, 4) is 0 Å². The normalized spacial score (nSPS) is 13.4. The number of carbonyl (C=O) groups is 3. The van der Waals surface area contributed by atoms with Crippen molar-refractivity contribution < 1.29 is 45.8 Å². The second-order valence-corrected chi connectivity index (χ2v) is 11.9. The number of hydrogen-bond acceptors (Lipinski definition) is 6. The molecule has 0 amide bonds. The van der Waals surface area contributed by atoms with E-state index in [-0.39, 0.29) is 35.8 Å². The van der Waals surface area contributed by atoms with E-state index in [1.54, 1.807) is 74.5 Å². The van der Waals surface area contributed by atoms with E-state index in [1.807, 2.05) is 0 Å². The molecule has 0 aliphatic heterocycles. The Hall–Kier alpha value is -4.65. The Labute approximate surface area is 286 Å². The third-order valence-corrected chi connectivity index (χ3v) is 7.67. The second-order valence-electron chi connectivity index (χ2n) is 11.9. The molecule has 0 unspecified atom stereocenters. The first-order chi connectivity index (χ1) is 23.4. The standard InChI is InChI=1S/C19H20F3NO2.C19H18F3NO2/c2*1-12-8-15(10-16(9-12)19(20,21)22)18(25)13(2)23-11-17(24)14-6-4-3-5-7-14/h3-10,13,18,23,25H,11H2,1-2H3;3-10,13,23H,11H2,1-2H3/t13-,18-;13-/m00/s1. The summed E-state index contributed by atoms with van der Waals surface area (Å²) in [5, 5.41) is 16.0. The Morgan fingerprint density at radius 2 is 1.06 bits per heavy atom. The van der Waals surface area contributed by atoms with Gasteiger partial charge in [-0.15, -0.1) is 0 Å². The molecule has 3 atom stereocenters. The van der Waals surface area contributed by atoms with Crippen molar-refractivity contribution in [2.75, 3.05) is 13.1 Å². The van der Waals surface area contributed by atoms with Gasteiger partial charge in [0.2, 0.25) is 0 Å². The van der Waals surface area contributed by atoms with Crippen LogP contribution in [0.25, 0.3) is 0 Å². The van der Waals surface area contributed by atoms with Crippen LogP contribution in [0.3, 0.4) is 0 Å². The van der Waals surface area contributed by atoms with Crippen LogP contribution >= 0.6 is 0 Å². The number of rotatable bonds is 12. The quantitative estimate of drug-likeness (QED) is 0.103. The number of ketones is 3. The van der Waals surface area contributed by atoms with Gasteiger partial charge in [-0.1, -0.05) is 72.3 Å². The highest BCUT2D eigenvalue weighted by Crippen LogP contribution is 2.33. The Morgan fingerprint density at radius 3 is 1.54 bits per heavy atom. The third-order valence-electron chi connectivity index (χ3n) is 7.67. The van der Waals surface area contributed by atoms with E-state index in [4.69, 9.17) is 0 Å². The molecule has 0 saturated heterocycles. The minimum absolute atomic E-state index is 0.0137. The summed E-state index contributed by atoms with van der Waals surface area (Å²) in [5.74, 6) is -0.838. The highest BCUT2D eigenvalue weighted by atomic mass is 19.4. The number of alkyl halides is 6. The highest BCUT2D eigenvalue weighted by Gasteiger charge is 2.33. The predicted octanol–water partition coefficient (Wildman–Crippen LogP) is 7.97. The maximum Gasteiger partial charge on any atom is 0.416 e. The molecular weight excluding hydrogens is 662 g/mol. The maximum atomic E-state index is 12.9. The number of aliphatic hydroxyl groups is 1. The minimum Gasteiger partial charge on any atom is -0.387 e. The van der Waals surface area contributed by atoms with Crippen LogP contribution in [-0.2, 0) is 12.4 Å². The van der Waals surface area contributed by atoms with Gasteiger partial charge in [0, 0.05) is 22.7 Å². The molecule has 0 heterocycles. The van der Waals surface area contributed by atoms with Gasteiger partial charge in [0.1, 0.15) is 0 Å². The van der Waals surface area contributed by atoms with E-state index < -0.39 is 47.5 Å². The summed E-state index contributed by atoms with van der Waals surface area (Å²) in [7, 11) is 0. The lowest BCUT2D eigenvalue weighted by atomic mass is 9.98. The van der Waals surface area contributed by atoms with Crippen LogP contribution in [0.2, 0.25) is 0 Å². The number of Topliss-reactive ketones (excluding diaryl/α,β-unsaturated/α-hetero) is 3. The summed E-state index contributed by atoms with van der Waals surface area (Å²) >= 11 is 0. The molecule has 0 radical (unpaired) electrons. The van der Waals surface area contributed by atoms with E-state index in [0.29, 0.717) is 22.3 Å². The van der Waals surface area contributed by atoms with Crippen LogP contribution in [-0.4, -0.2) is 47.6 Å². The van der Waals surface area contributed by atoms with Crippen molar-refractivity contribution in [2.24, 2.45) is 0 Å². The summed E-state index contributed by atoms with van der Waals surface area (Å²) in [6, 6.07) is 22.6. The van der Waals surface area contributed by atoms with Gasteiger partial charge in [0.15, 0.2) is 17.3 Å². The van der Waals surface area contributed by atoms with Gasteiger partial charge >= 0.3 is 12.4 Å². The molecule has 266 valence electrons. The second kappa shape index (κ2) is 17.3. The van der Waals surface area contributed by atoms with Crippen LogP contribution in [0, 0.1) is 13.8 Å². The van der Waals surface area contributed by atoms with Gasteiger partial charge in [-0.3, -0.25) is 14.4 Å². The summed E-state index contributed by atoms with van der Waals surface area (Å²) in [5.41, 5.74) is 0.287. The van der Waals surface area contributed by atoms with Gasteiger partial charge in [-0.25, -0.2) is 0 Å². The lowest BCUT2D eigenvalue weighted by Crippen LogP contribution is -2.37. The van der Waals surface area contributed by atoms with Crippen molar-refractivity contribution in [3.05, 3.63) is 142 Å². The Balaban J connectivity index is 0.000000270. The lowest BCUT2D eigenvalue weighted by Gasteiger charge is -2.22. The van der Waals surface area contributed by atoms with Crippen molar-refractivity contribution in [1.82, 2.24) is 10.6 Å². The number of benzene rings is 4. The molecule has 3 N–H and O–H groups in total. The van der Waals surface area contributed by atoms with E-state index in [1.165, 1.54) is 26.0 Å². The van der Waals surface area contributed by atoms with Gasteiger partial charge in [0.05, 0.1) is 36.4 Å². The molecule has 0 aromatic heterocycles. The van der Waals surface area contributed by atoms with Crippen LogP contribution in [0.1, 0.15) is 78.8 Å². The average Bonchev–Trinajstić information content (AvgIpc) is 3.08. The summed E-state index contributed by atoms with van der Waals surface area (Å²) in [6.45, 7) is 6.11. The van der Waals surface area contributed by atoms with E-state index in [0.717, 1.165) is 24.3 Å². The fourth-order valence-corrected chi connectivity index (χ4v) is 4.93. The maximum absolute atomic E-state index is 12.9. The lowest BCUT2D eigenvalue weighted by molar-refractivity contribution is -0.138. The highest BCUT2D eigenvalue weighted by molar-refractivity contribution is 6.01. The number of aliphatic hydroxyl groups excluding tert-OH is 1. The molecule has 0 saturated carbocycles. The topological polar surface area (TPSA) is 95.5 Å². The number of hydrogen-bond donors (Lipinski definition) is 3. The Bertz CT molecular complexity index is 1760. The van der Waals surface area contributed by atoms with Gasteiger partial charge < -0.3 is 15.7 Å². The van der Waals surface area contributed by atoms with Gasteiger partial charge in [-0.2, -0.15) is 26.3 Å². The molecular formula is C38H38F6N2O4. The first kappa shape index (κ1) is 39.8. The number of nitrogens with one attached hydrogen (secondary N) is 2.